The van der Waals surface area contributed by atoms with E-state index >= 15 is 0 Å². The number of rotatable bonds is 6. The summed E-state index contributed by atoms with van der Waals surface area (Å²) in [5, 5.41) is 0.587. The molecule has 8 heteroatoms. The molecule has 1 aromatic carbocycles. The van der Waals surface area contributed by atoms with E-state index < -0.39 is 26.1 Å². The van der Waals surface area contributed by atoms with Crippen LogP contribution in [0.25, 0.3) is 10.9 Å². The predicted molar refractivity (Wildman–Crippen MR) is 87.5 cm³/mol. The van der Waals surface area contributed by atoms with Crippen molar-refractivity contribution in [1.82, 2.24) is 4.57 Å². The third kappa shape index (κ3) is 3.59. The van der Waals surface area contributed by atoms with Crippen LogP contribution in [0.15, 0.2) is 35.4 Å². The van der Waals surface area contributed by atoms with E-state index in [9.17, 15) is 16.8 Å². The van der Waals surface area contributed by atoms with Gasteiger partial charge in [0, 0.05) is 17.1 Å². The first kappa shape index (κ1) is 16.5. The van der Waals surface area contributed by atoms with Crippen molar-refractivity contribution < 1.29 is 21.0 Å². The Bertz CT molecular complexity index is 939. The summed E-state index contributed by atoms with van der Waals surface area (Å²) < 4.78 is 53.7. The molecule has 126 valence electrons. The van der Waals surface area contributed by atoms with Crippen LogP contribution in [0.5, 0.6) is 0 Å². The largest absolute Gasteiger partial charge is 0.345 e. The minimum absolute atomic E-state index is 0.231. The molecule has 1 heterocycles. The molecule has 1 aliphatic rings. The van der Waals surface area contributed by atoms with Crippen molar-refractivity contribution in [2.24, 2.45) is 0 Å². The summed E-state index contributed by atoms with van der Waals surface area (Å²) in [5.41, 5.74) is 0.851. The molecule has 0 unspecified atom stereocenters. The second kappa shape index (κ2) is 5.61. The third-order valence-corrected chi connectivity index (χ3v) is 6.77. The van der Waals surface area contributed by atoms with Gasteiger partial charge in [-0.2, -0.15) is 8.42 Å². The second-order valence-electron chi connectivity index (χ2n) is 6.04. The monoisotopic (exact) mass is 357 g/mol. The first-order chi connectivity index (χ1) is 10.7. The zero-order valence-electron chi connectivity index (χ0n) is 13.0. The van der Waals surface area contributed by atoms with Crippen LogP contribution < -0.4 is 0 Å². The van der Waals surface area contributed by atoms with Crippen LogP contribution in [0, 0.1) is 0 Å². The maximum Gasteiger partial charge on any atom is 0.264 e. The fourth-order valence-corrected chi connectivity index (χ4v) is 5.04. The van der Waals surface area contributed by atoms with Gasteiger partial charge < -0.3 is 4.57 Å². The van der Waals surface area contributed by atoms with E-state index in [0.717, 1.165) is 30.0 Å². The van der Waals surface area contributed by atoms with E-state index in [4.69, 9.17) is 4.18 Å². The van der Waals surface area contributed by atoms with Crippen molar-refractivity contribution in [3.8, 4) is 0 Å². The zero-order valence-corrected chi connectivity index (χ0v) is 14.6. The van der Waals surface area contributed by atoms with Crippen molar-refractivity contribution in [3.05, 3.63) is 30.5 Å². The van der Waals surface area contributed by atoms with Gasteiger partial charge in [0.15, 0.2) is 9.84 Å². The first-order valence-corrected chi connectivity index (χ1v) is 10.7. The maximum absolute atomic E-state index is 12.3. The van der Waals surface area contributed by atoms with Crippen LogP contribution in [-0.2, 0) is 30.7 Å². The predicted octanol–water partition coefficient (Wildman–Crippen LogP) is 1.94. The lowest BCUT2D eigenvalue weighted by molar-refractivity contribution is 0.211. The molecule has 0 bridgehead atoms. The molecule has 1 fully saturated rings. The lowest BCUT2D eigenvalue weighted by Crippen LogP contribution is -2.19. The number of hydrogen-bond donors (Lipinski definition) is 0. The molecule has 0 N–H and O–H groups in total. The van der Waals surface area contributed by atoms with Crippen molar-refractivity contribution >= 4 is 30.9 Å². The Kier molecular flexibility index (Phi) is 4.02. The molecule has 0 radical (unpaired) electrons. The van der Waals surface area contributed by atoms with E-state index in [1.54, 1.807) is 31.3 Å². The highest BCUT2D eigenvalue weighted by Crippen LogP contribution is 2.34. The van der Waals surface area contributed by atoms with E-state index in [2.05, 4.69) is 0 Å². The lowest BCUT2D eigenvalue weighted by Gasteiger charge is -2.13. The minimum Gasteiger partial charge on any atom is -0.345 e. The molecule has 6 nitrogen and oxygen atoms in total. The number of aromatic nitrogens is 1. The SMILES string of the molecule is C[C@@H](Cn1ccc2cc(S(=O)(=O)C3CC3)ccc21)OS(C)(=O)=O. The Hall–Kier alpha value is -1.38. The molecular formula is C15H19NO5S2. The molecule has 0 saturated heterocycles. The van der Waals surface area contributed by atoms with Crippen LogP contribution >= 0.6 is 0 Å². The van der Waals surface area contributed by atoms with Crippen molar-refractivity contribution in [2.75, 3.05) is 6.26 Å². The topological polar surface area (TPSA) is 82.4 Å². The van der Waals surface area contributed by atoms with Crippen LogP contribution in [0.4, 0.5) is 0 Å². The van der Waals surface area contributed by atoms with Crippen LogP contribution in [0.2, 0.25) is 0 Å². The standard InChI is InChI=1S/C15H19NO5S2/c1-11(21-22(2,17)18)10-16-8-7-12-9-14(5-6-15(12)16)23(19,20)13-3-4-13/h5-9,11,13H,3-4,10H2,1-2H3/t11-/m0/s1. The smallest absolute Gasteiger partial charge is 0.264 e. The molecule has 1 atom stereocenters. The van der Waals surface area contributed by atoms with Gasteiger partial charge in [0.1, 0.15) is 0 Å². The van der Waals surface area contributed by atoms with Gasteiger partial charge in [-0.1, -0.05) is 0 Å². The lowest BCUT2D eigenvalue weighted by atomic mass is 10.2. The van der Waals surface area contributed by atoms with Gasteiger partial charge in [-0.15, -0.1) is 0 Å². The number of sulfone groups is 1. The Labute approximate surface area is 136 Å². The van der Waals surface area contributed by atoms with Crippen molar-refractivity contribution in [1.29, 1.82) is 0 Å². The van der Waals surface area contributed by atoms with E-state index in [-0.39, 0.29) is 5.25 Å². The van der Waals surface area contributed by atoms with E-state index in [1.807, 2.05) is 10.6 Å². The highest BCUT2D eigenvalue weighted by Gasteiger charge is 2.36. The molecule has 2 aromatic rings. The van der Waals surface area contributed by atoms with Gasteiger partial charge in [-0.05, 0) is 44.0 Å². The highest BCUT2D eigenvalue weighted by molar-refractivity contribution is 7.92. The Morgan fingerprint density at radius 3 is 2.52 bits per heavy atom. The van der Waals surface area contributed by atoms with Gasteiger partial charge >= 0.3 is 0 Å². The average Bonchev–Trinajstić information content (AvgIpc) is 3.21. The molecule has 1 saturated carbocycles. The summed E-state index contributed by atoms with van der Waals surface area (Å²) in [6.07, 6.45) is 3.80. The maximum atomic E-state index is 12.3. The van der Waals surface area contributed by atoms with Crippen LogP contribution in [-0.4, -0.2) is 39.0 Å². The van der Waals surface area contributed by atoms with Crippen molar-refractivity contribution in [2.45, 2.75) is 42.6 Å². The van der Waals surface area contributed by atoms with Gasteiger partial charge in [-0.25, -0.2) is 8.42 Å². The normalized spacial score (nSPS) is 17.5. The molecule has 1 aliphatic carbocycles. The molecule has 23 heavy (non-hydrogen) atoms. The molecule has 0 spiro atoms. The molecular weight excluding hydrogens is 338 g/mol. The third-order valence-electron chi connectivity index (χ3n) is 3.83. The van der Waals surface area contributed by atoms with Crippen molar-refractivity contribution in [3.63, 3.8) is 0 Å². The first-order valence-electron chi connectivity index (χ1n) is 7.38. The molecule has 0 aliphatic heterocycles. The number of hydrogen-bond acceptors (Lipinski definition) is 5. The molecule has 0 amide bonds. The highest BCUT2D eigenvalue weighted by atomic mass is 32.2. The summed E-state index contributed by atoms with van der Waals surface area (Å²) in [4.78, 5) is 0.352. The average molecular weight is 357 g/mol. The van der Waals surface area contributed by atoms with Gasteiger partial charge in [-0.3, -0.25) is 4.18 Å². The van der Waals surface area contributed by atoms with Crippen LogP contribution in [0.3, 0.4) is 0 Å². The van der Waals surface area contributed by atoms with Gasteiger partial charge in [0.05, 0.1) is 29.0 Å². The van der Waals surface area contributed by atoms with E-state index in [0.29, 0.717) is 11.4 Å². The minimum atomic E-state index is -3.50. The summed E-state index contributed by atoms with van der Waals surface area (Å²) >= 11 is 0. The Morgan fingerprint density at radius 1 is 1.22 bits per heavy atom. The molecule has 3 rings (SSSR count). The zero-order chi connectivity index (χ0) is 16.8. The summed E-state index contributed by atoms with van der Waals surface area (Å²) in [5.74, 6) is 0. The van der Waals surface area contributed by atoms with Gasteiger partial charge in [0.2, 0.25) is 0 Å². The quantitative estimate of drug-likeness (QED) is 0.738. The van der Waals surface area contributed by atoms with E-state index in [1.165, 1.54) is 0 Å². The Balaban J connectivity index is 1.87. The van der Waals surface area contributed by atoms with Crippen LogP contribution in [0.1, 0.15) is 19.8 Å². The molecule has 1 aromatic heterocycles. The summed E-state index contributed by atoms with van der Waals surface area (Å²) in [6, 6.07) is 6.89. The summed E-state index contributed by atoms with van der Waals surface area (Å²) in [7, 11) is -6.71. The Morgan fingerprint density at radius 2 is 1.91 bits per heavy atom. The second-order valence-corrected chi connectivity index (χ2v) is 9.87. The summed E-state index contributed by atoms with van der Waals surface area (Å²) in [6.45, 7) is 2.05. The number of benzene rings is 1. The number of nitrogens with zero attached hydrogens (tertiary/aromatic N) is 1. The van der Waals surface area contributed by atoms with Gasteiger partial charge in [0.25, 0.3) is 10.1 Å². The fraction of sp³-hybridized carbons (Fsp3) is 0.467. The number of fused-ring (bicyclic) bond motifs is 1. The fourth-order valence-electron chi connectivity index (χ4n) is 2.69.